The highest BCUT2D eigenvalue weighted by atomic mass is 35.5. The van der Waals surface area contributed by atoms with E-state index in [0.717, 1.165) is 12.0 Å². The average Bonchev–Trinajstić information content (AvgIpc) is 2.69. The van der Waals surface area contributed by atoms with Crippen LogP contribution in [0.25, 0.3) is 22.1 Å². The molecule has 0 spiro atoms. The van der Waals surface area contributed by atoms with Crippen LogP contribution in [0.15, 0.2) is 57.9 Å². The minimum absolute atomic E-state index is 0.153. The molecular weight excluding hydrogens is 380 g/mol. The van der Waals surface area contributed by atoms with Gasteiger partial charge in [0, 0.05) is 11.1 Å². The Kier molecular flexibility index (Phi) is 6.05. The molecular formula is C22H21ClO5. The fraction of sp³-hybridized carbons (Fsp3) is 0.273. The van der Waals surface area contributed by atoms with Crippen LogP contribution in [-0.4, -0.2) is 18.2 Å². The summed E-state index contributed by atoms with van der Waals surface area (Å²) in [4.78, 5) is 24.8. The Labute approximate surface area is 167 Å². The molecule has 5 nitrogen and oxygen atoms in total. The second kappa shape index (κ2) is 8.48. The lowest BCUT2D eigenvalue weighted by Crippen LogP contribution is -2.29. The molecule has 1 aromatic heterocycles. The number of halogens is 1. The van der Waals surface area contributed by atoms with Gasteiger partial charge in [0.25, 0.3) is 0 Å². The van der Waals surface area contributed by atoms with Crippen molar-refractivity contribution >= 4 is 28.5 Å². The van der Waals surface area contributed by atoms with Crippen molar-refractivity contribution in [1.82, 2.24) is 0 Å². The largest absolute Gasteiger partial charge is 0.479 e. The van der Waals surface area contributed by atoms with E-state index >= 15 is 0 Å². The van der Waals surface area contributed by atoms with Crippen molar-refractivity contribution in [2.24, 2.45) is 0 Å². The van der Waals surface area contributed by atoms with E-state index in [4.69, 9.17) is 25.5 Å². The first-order valence-corrected chi connectivity index (χ1v) is 9.45. The normalized spacial score (nSPS) is 13.1. The van der Waals surface area contributed by atoms with Gasteiger partial charge < -0.3 is 13.9 Å². The van der Waals surface area contributed by atoms with Crippen molar-refractivity contribution < 1.29 is 18.7 Å². The van der Waals surface area contributed by atoms with Crippen LogP contribution in [0.3, 0.4) is 0 Å². The summed E-state index contributed by atoms with van der Waals surface area (Å²) in [6.45, 7) is 5.38. The number of rotatable bonds is 6. The molecule has 0 amide bonds. The first kappa shape index (κ1) is 20.0. The molecule has 2 atom stereocenters. The minimum Gasteiger partial charge on any atom is -0.479 e. The Morgan fingerprint density at radius 1 is 1.14 bits per heavy atom. The van der Waals surface area contributed by atoms with Crippen molar-refractivity contribution in [1.29, 1.82) is 0 Å². The van der Waals surface area contributed by atoms with Crippen LogP contribution in [0.5, 0.6) is 5.75 Å². The summed E-state index contributed by atoms with van der Waals surface area (Å²) in [7, 11) is 0. The maximum atomic E-state index is 12.8. The van der Waals surface area contributed by atoms with Gasteiger partial charge >= 0.3 is 5.97 Å². The lowest BCUT2D eigenvalue weighted by Gasteiger charge is -2.17. The molecule has 28 heavy (non-hydrogen) atoms. The highest BCUT2D eigenvalue weighted by Crippen LogP contribution is 2.24. The number of hydrogen-bond donors (Lipinski definition) is 0. The van der Waals surface area contributed by atoms with E-state index in [2.05, 4.69) is 0 Å². The zero-order valence-corrected chi connectivity index (χ0v) is 16.7. The Hall–Kier alpha value is -2.79. The molecule has 0 aliphatic heterocycles. The second-order valence-electron chi connectivity index (χ2n) is 6.56. The molecule has 2 unspecified atom stereocenters. The number of carbonyl (C=O) groups is 1. The van der Waals surface area contributed by atoms with Crippen LogP contribution in [-0.2, 0) is 9.53 Å². The van der Waals surface area contributed by atoms with E-state index < -0.39 is 12.1 Å². The van der Waals surface area contributed by atoms with Crippen LogP contribution >= 0.6 is 11.6 Å². The van der Waals surface area contributed by atoms with Gasteiger partial charge in [0.2, 0.25) is 0 Å². The fourth-order valence-corrected chi connectivity index (χ4v) is 2.77. The van der Waals surface area contributed by atoms with Gasteiger partial charge in [-0.15, -0.1) is 0 Å². The number of carbonyl (C=O) groups excluding carboxylic acids is 1. The van der Waals surface area contributed by atoms with Crippen molar-refractivity contribution in [3.05, 3.63) is 64.0 Å². The molecule has 3 aromatic rings. The standard InChI is InChI=1S/C22H21ClO5/c1-4-13(2)27-22(25)14(3)28-17-9-10-18-20(11-17)26-12-19(21(18)24)15-5-7-16(23)8-6-15/h5-14H,4H2,1-3H3. The first-order valence-electron chi connectivity index (χ1n) is 9.07. The zero-order valence-electron chi connectivity index (χ0n) is 15.9. The van der Waals surface area contributed by atoms with E-state index in [-0.39, 0.29) is 11.5 Å². The number of esters is 1. The molecule has 0 aliphatic carbocycles. The highest BCUT2D eigenvalue weighted by molar-refractivity contribution is 6.30. The van der Waals surface area contributed by atoms with Gasteiger partial charge in [-0.2, -0.15) is 0 Å². The summed E-state index contributed by atoms with van der Waals surface area (Å²) in [6, 6.07) is 11.8. The Bertz CT molecular complexity index is 1040. The van der Waals surface area contributed by atoms with E-state index in [0.29, 0.717) is 27.3 Å². The topological polar surface area (TPSA) is 65.7 Å². The quantitative estimate of drug-likeness (QED) is 0.530. The summed E-state index contributed by atoms with van der Waals surface area (Å²) in [5.41, 5.74) is 1.40. The number of ether oxygens (including phenoxy) is 2. The van der Waals surface area contributed by atoms with Crippen molar-refractivity contribution in [2.75, 3.05) is 0 Å². The van der Waals surface area contributed by atoms with Gasteiger partial charge in [-0.3, -0.25) is 4.79 Å². The van der Waals surface area contributed by atoms with Gasteiger partial charge in [-0.25, -0.2) is 4.79 Å². The summed E-state index contributed by atoms with van der Waals surface area (Å²) in [6.07, 6.45) is 1.21. The number of hydrogen-bond acceptors (Lipinski definition) is 5. The highest BCUT2D eigenvalue weighted by Gasteiger charge is 2.19. The van der Waals surface area contributed by atoms with Crippen LogP contribution in [0.1, 0.15) is 27.2 Å². The predicted molar refractivity (Wildman–Crippen MR) is 109 cm³/mol. The van der Waals surface area contributed by atoms with E-state index in [1.165, 1.54) is 6.26 Å². The molecule has 0 radical (unpaired) electrons. The zero-order chi connectivity index (χ0) is 20.3. The van der Waals surface area contributed by atoms with Crippen LogP contribution in [0.4, 0.5) is 0 Å². The molecule has 6 heteroatoms. The molecule has 0 aliphatic rings. The number of fused-ring (bicyclic) bond motifs is 1. The molecule has 0 saturated heterocycles. The third kappa shape index (κ3) is 4.37. The van der Waals surface area contributed by atoms with E-state index in [1.807, 2.05) is 13.8 Å². The summed E-state index contributed by atoms with van der Waals surface area (Å²) in [5, 5.41) is 1.02. The summed E-state index contributed by atoms with van der Waals surface area (Å²) >= 11 is 5.90. The summed E-state index contributed by atoms with van der Waals surface area (Å²) in [5.74, 6) is -0.0162. The van der Waals surface area contributed by atoms with Gasteiger partial charge in [-0.1, -0.05) is 30.7 Å². The smallest absolute Gasteiger partial charge is 0.347 e. The maximum Gasteiger partial charge on any atom is 0.347 e. The molecule has 146 valence electrons. The summed E-state index contributed by atoms with van der Waals surface area (Å²) < 4.78 is 16.6. The van der Waals surface area contributed by atoms with Crippen molar-refractivity contribution in [3.8, 4) is 16.9 Å². The molecule has 0 saturated carbocycles. The number of benzene rings is 2. The van der Waals surface area contributed by atoms with E-state index in [1.54, 1.807) is 49.4 Å². The fourth-order valence-electron chi connectivity index (χ4n) is 2.64. The molecule has 3 rings (SSSR count). The lowest BCUT2D eigenvalue weighted by molar-refractivity contribution is -0.155. The van der Waals surface area contributed by atoms with Crippen LogP contribution in [0, 0.1) is 0 Å². The molecule has 0 fully saturated rings. The van der Waals surface area contributed by atoms with Crippen LogP contribution < -0.4 is 10.2 Å². The molecule has 1 heterocycles. The van der Waals surface area contributed by atoms with Crippen molar-refractivity contribution in [3.63, 3.8) is 0 Å². The van der Waals surface area contributed by atoms with Crippen molar-refractivity contribution in [2.45, 2.75) is 39.4 Å². The van der Waals surface area contributed by atoms with Crippen LogP contribution in [0.2, 0.25) is 5.02 Å². The predicted octanol–water partition coefficient (Wildman–Crippen LogP) is 5.22. The maximum absolute atomic E-state index is 12.8. The lowest BCUT2D eigenvalue weighted by atomic mass is 10.1. The monoisotopic (exact) mass is 400 g/mol. The Morgan fingerprint density at radius 3 is 2.54 bits per heavy atom. The molecule has 2 aromatic carbocycles. The third-order valence-corrected chi connectivity index (χ3v) is 4.69. The minimum atomic E-state index is -0.772. The van der Waals surface area contributed by atoms with Gasteiger partial charge in [0.05, 0.1) is 17.1 Å². The Morgan fingerprint density at radius 2 is 1.86 bits per heavy atom. The third-order valence-electron chi connectivity index (χ3n) is 4.44. The van der Waals surface area contributed by atoms with E-state index in [9.17, 15) is 9.59 Å². The van der Waals surface area contributed by atoms with Gasteiger partial charge in [0.1, 0.15) is 17.6 Å². The molecule has 0 bridgehead atoms. The Balaban J connectivity index is 1.85. The SMILES string of the molecule is CCC(C)OC(=O)C(C)Oc1ccc2c(=O)c(-c3ccc(Cl)cc3)coc2c1. The molecule has 0 N–H and O–H groups in total. The van der Waals surface area contributed by atoms with Gasteiger partial charge in [-0.05, 0) is 50.1 Å². The average molecular weight is 401 g/mol. The second-order valence-corrected chi connectivity index (χ2v) is 7.00. The van der Waals surface area contributed by atoms with Gasteiger partial charge in [0.15, 0.2) is 11.5 Å². The first-order chi connectivity index (χ1) is 13.4.